The maximum Gasteiger partial charge on any atom is 0.252 e. The van der Waals surface area contributed by atoms with Crippen LogP contribution in [0.15, 0.2) is 36.4 Å². The Morgan fingerprint density at radius 1 is 1.23 bits per heavy atom. The normalized spacial score (nSPS) is 10.4. The highest BCUT2D eigenvalue weighted by atomic mass is 35.5. The molecule has 0 atom stereocenters. The molecule has 0 unspecified atom stereocenters. The molecule has 2 aromatic carbocycles. The van der Waals surface area contributed by atoms with E-state index in [-0.39, 0.29) is 10.6 Å². The zero-order valence-corrected chi connectivity index (χ0v) is 12.6. The number of methoxy groups -OCH3 is 1. The van der Waals surface area contributed by atoms with Gasteiger partial charge in [0.1, 0.15) is 5.75 Å². The number of nitrogens with one attached hydrogen (secondary N) is 1. The van der Waals surface area contributed by atoms with Gasteiger partial charge in [-0.05, 0) is 30.2 Å². The van der Waals surface area contributed by atoms with Crippen molar-refractivity contribution in [2.75, 3.05) is 13.7 Å². The van der Waals surface area contributed by atoms with Gasteiger partial charge >= 0.3 is 0 Å². The average molecular weight is 326 g/mol. The molecule has 0 spiro atoms. The van der Waals surface area contributed by atoms with Gasteiger partial charge in [-0.3, -0.25) is 4.79 Å². The highest BCUT2D eigenvalue weighted by Crippen LogP contribution is 2.20. The monoisotopic (exact) mass is 325 g/mol. The highest BCUT2D eigenvalue weighted by molar-refractivity contribution is 6.33. The van der Waals surface area contributed by atoms with Crippen LogP contribution in [0.2, 0.25) is 5.02 Å². The third kappa shape index (κ3) is 3.74. The summed E-state index contributed by atoms with van der Waals surface area (Å²) in [4.78, 5) is 12.0. The Labute approximate surface area is 131 Å². The van der Waals surface area contributed by atoms with Gasteiger partial charge in [0, 0.05) is 6.54 Å². The molecule has 6 heteroatoms. The summed E-state index contributed by atoms with van der Waals surface area (Å²) >= 11 is 5.75. The standard InChI is InChI=1S/C16H14ClF2NO2/c1-22-15-5-3-2-4-10(15)6-7-20-16(21)11-8-13(18)14(19)9-12(11)17/h2-5,8-9H,6-7H2,1H3,(H,20,21). The van der Waals surface area contributed by atoms with Crippen LogP contribution in [0.1, 0.15) is 15.9 Å². The Balaban J connectivity index is 2.00. The van der Waals surface area contributed by atoms with E-state index in [2.05, 4.69) is 5.32 Å². The Morgan fingerprint density at radius 2 is 1.91 bits per heavy atom. The molecule has 0 saturated heterocycles. The largest absolute Gasteiger partial charge is 0.496 e. The van der Waals surface area contributed by atoms with Gasteiger partial charge < -0.3 is 10.1 Å². The van der Waals surface area contributed by atoms with Crippen molar-refractivity contribution in [3.8, 4) is 5.75 Å². The van der Waals surface area contributed by atoms with E-state index < -0.39 is 17.5 Å². The van der Waals surface area contributed by atoms with Gasteiger partial charge in [0.25, 0.3) is 5.91 Å². The number of para-hydroxylation sites is 1. The topological polar surface area (TPSA) is 38.3 Å². The zero-order chi connectivity index (χ0) is 16.1. The summed E-state index contributed by atoms with van der Waals surface area (Å²) in [6.45, 7) is 0.314. The number of amides is 1. The SMILES string of the molecule is COc1ccccc1CCNC(=O)c1cc(F)c(F)cc1Cl. The third-order valence-electron chi connectivity index (χ3n) is 3.13. The predicted molar refractivity (Wildman–Crippen MR) is 80.4 cm³/mol. The number of hydrogen-bond acceptors (Lipinski definition) is 2. The van der Waals surface area contributed by atoms with Crippen LogP contribution < -0.4 is 10.1 Å². The first-order chi connectivity index (χ1) is 10.5. The second-order valence-electron chi connectivity index (χ2n) is 4.56. The maximum atomic E-state index is 13.2. The van der Waals surface area contributed by atoms with Crippen molar-refractivity contribution in [1.82, 2.24) is 5.32 Å². The van der Waals surface area contributed by atoms with E-state index in [1.807, 2.05) is 24.3 Å². The van der Waals surface area contributed by atoms with Gasteiger partial charge in [-0.25, -0.2) is 8.78 Å². The summed E-state index contributed by atoms with van der Waals surface area (Å²) in [6.07, 6.45) is 0.539. The van der Waals surface area contributed by atoms with Crippen molar-refractivity contribution in [2.24, 2.45) is 0 Å². The van der Waals surface area contributed by atoms with Crippen LogP contribution in [0.25, 0.3) is 0 Å². The molecule has 22 heavy (non-hydrogen) atoms. The molecule has 2 aromatic rings. The Kier molecular flexibility index (Phi) is 5.33. The zero-order valence-electron chi connectivity index (χ0n) is 11.8. The molecule has 0 bridgehead atoms. The third-order valence-corrected chi connectivity index (χ3v) is 3.44. The Hall–Kier alpha value is -2.14. The van der Waals surface area contributed by atoms with Crippen LogP contribution in [0, 0.1) is 11.6 Å². The van der Waals surface area contributed by atoms with E-state index in [1.165, 1.54) is 0 Å². The number of halogens is 3. The number of rotatable bonds is 5. The summed E-state index contributed by atoms with van der Waals surface area (Å²) < 4.78 is 31.4. The molecule has 0 fully saturated rings. The fourth-order valence-electron chi connectivity index (χ4n) is 2.01. The molecule has 2 rings (SSSR count). The van der Waals surface area contributed by atoms with Gasteiger partial charge in [0.2, 0.25) is 0 Å². The van der Waals surface area contributed by atoms with E-state index in [4.69, 9.17) is 16.3 Å². The quantitative estimate of drug-likeness (QED) is 0.853. The van der Waals surface area contributed by atoms with E-state index in [9.17, 15) is 13.6 Å². The molecular weight excluding hydrogens is 312 g/mol. The number of ether oxygens (including phenoxy) is 1. The number of carbonyl (C=O) groups excluding carboxylic acids is 1. The molecule has 0 aromatic heterocycles. The lowest BCUT2D eigenvalue weighted by Gasteiger charge is -2.10. The van der Waals surface area contributed by atoms with Crippen LogP contribution >= 0.6 is 11.6 Å². The minimum absolute atomic E-state index is 0.0967. The fourth-order valence-corrected chi connectivity index (χ4v) is 2.25. The molecule has 0 aliphatic rings. The maximum absolute atomic E-state index is 13.2. The smallest absolute Gasteiger partial charge is 0.252 e. The van der Waals surface area contributed by atoms with Crippen molar-refractivity contribution in [2.45, 2.75) is 6.42 Å². The second-order valence-corrected chi connectivity index (χ2v) is 4.97. The molecule has 0 radical (unpaired) electrons. The molecular formula is C16H14ClF2NO2. The second kappa shape index (κ2) is 7.22. The van der Waals surface area contributed by atoms with Crippen molar-refractivity contribution in [3.05, 3.63) is 64.2 Å². The first-order valence-electron chi connectivity index (χ1n) is 6.57. The highest BCUT2D eigenvalue weighted by Gasteiger charge is 2.14. The summed E-state index contributed by atoms with van der Waals surface area (Å²) in [7, 11) is 1.57. The minimum Gasteiger partial charge on any atom is -0.496 e. The van der Waals surface area contributed by atoms with E-state index in [0.29, 0.717) is 13.0 Å². The summed E-state index contributed by atoms with van der Waals surface area (Å²) in [5, 5.41) is 2.49. The van der Waals surface area contributed by atoms with Gasteiger partial charge in [-0.1, -0.05) is 29.8 Å². The van der Waals surface area contributed by atoms with Crippen LogP contribution in [0.4, 0.5) is 8.78 Å². The minimum atomic E-state index is -1.11. The lowest BCUT2D eigenvalue weighted by Crippen LogP contribution is -2.26. The lowest BCUT2D eigenvalue weighted by molar-refractivity contribution is 0.0953. The molecule has 0 heterocycles. The van der Waals surface area contributed by atoms with Crippen LogP contribution in [0.5, 0.6) is 5.75 Å². The van der Waals surface area contributed by atoms with E-state index >= 15 is 0 Å². The molecule has 0 aliphatic carbocycles. The van der Waals surface area contributed by atoms with Gasteiger partial charge in [-0.2, -0.15) is 0 Å². The van der Waals surface area contributed by atoms with Crippen LogP contribution in [-0.4, -0.2) is 19.6 Å². The van der Waals surface area contributed by atoms with E-state index in [0.717, 1.165) is 23.4 Å². The van der Waals surface area contributed by atoms with Crippen LogP contribution in [0.3, 0.4) is 0 Å². The van der Waals surface area contributed by atoms with Crippen molar-refractivity contribution >= 4 is 17.5 Å². The van der Waals surface area contributed by atoms with Crippen molar-refractivity contribution in [1.29, 1.82) is 0 Å². The first kappa shape index (κ1) is 16.2. The first-order valence-corrected chi connectivity index (χ1v) is 6.95. The summed E-state index contributed by atoms with van der Waals surface area (Å²) in [5.74, 6) is -2.03. The molecule has 1 N–H and O–H groups in total. The molecule has 0 saturated carbocycles. The number of benzene rings is 2. The van der Waals surface area contributed by atoms with E-state index in [1.54, 1.807) is 7.11 Å². The molecule has 3 nitrogen and oxygen atoms in total. The van der Waals surface area contributed by atoms with Crippen molar-refractivity contribution < 1.29 is 18.3 Å². The average Bonchev–Trinajstić information content (AvgIpc) is 2.51. The van der Waals surface area contributed by atoms with Gasteiger partial charge in [0.15, 0.2) is 11.6 Å². The molecule has 0 aliphatic heterocycles. The summed E-state index contributed by atoms with van der Waals surface area (Å²) in [6, 6.07) is 8.99. The summed E-state index contributed by atoms with van der Waals surface area (Å²) in [5.41, 5.74) is 0.835. The fraction of sp³-hybridized carbons (Fsp3) is 0.188. The molecule has 1 amide bonds. The number of hydrogen-bond donors (Lipinski definition) is 1. The van der Waals surface area contributed by atoms with Crippen LogP contribution in [-0.2, 0) is 6.42 Å². The Morgan fingerprint density at radius 3 is 2.64 bits per heavy atom. The number of carbonyl (C=O) groups is 1. The van der Waals surface area contributed by atoms with Gasteiger partial charge in [-0.15, -0.1) is 0 Å². The predicted octanol–water partition coefficient (Wildman–Crippen LogP) is 3.60. The van der Waals surface area contributed by atoms with Gasteiger partial charge in [0.05, 0.1) is 17.7 Å². The lowest BCUT2D eigenvalue weighted by atomic mass is 10.1. The van der Waals surface area contributed by atoms with Crippen molar-refractivity contribution in [3.63, 3.8) is 0 Å². The Bertz CT molecular complexity index is 692. The molecule has 116 valence electrons.